The Morgan fingerprint density at radius 1 is 1.00 bits per heavy atom. The van der Waals surface area contributed by atoms with Gasteiger partial charge in [0.25, 0.3) is 0 Å². The first-order valence-electron chi connectivity index (χ1n) is 8.94. The summed E-state index contributed by atoms with van der Waals surface area (Å²) in [6.45, 7) is 1.05. The predicted molar refractivity (Wildman–Crippen MR) is 91.2 cm³/mol. The van der Waals surface area contributed by atoms with Gasteiger partial charge >= 0.3 is 0 Å². The topological polar surface area (TPSA) is 41.1 Å². The summed E-state index contributed by atoms with van der Waals surface area (Å²) in [4.78, 5) is 12.1. The first-order valence-corrected chi connectivity index (χ1v) is 8.94. The molecule has 1 heterocycles. The van der Waals surface area contributed by atoms with Gasteiger partial charge in [0.05, 0.1) is 0 Å². The molecule has 3 heteroatoms. The van der Waals surface area contributed by atoms with E-state index in [-0.39, 0.29) is 5.91 Å². The van der Waals surface area contributed by atoms with Gasteiger partial charge in [0.1, 0.15) is 0 Å². The Hall–Kier alpha value is -1.35. The molecule has 2 aliphatic rings. The summed E-state index contributed by atoms with van der Waals surface area (Å²) in [6, 6.07) is 8.89. The second-order valence-electron chi connectivity index (χ2n) is 6.86. The first kappa shape index (κ1) is 15.5. The molecule has 3 rings (SSSR count). The molecule has 1 aromatic carbocycles. The second-order valence-corrected chi connectivity index (χ2v) is 6.86. The number of piperidine rings is 1. The van der Waals surface area contributed by atoms with Crippen molar-refractivity contribution in [2.45, 2.75) is 69.7 Å². The fraction of sp³-hybridized carbons (Fsp3) is 0.632. The number of hydrogen-bond donors (Lipinski definition) is 2. The molecular weight excluding hydrogens is 272 g/mol. The van der Waals surface area contributed by atoms with Crippen LogP contribution in [0.1, 0.15) is 69.3 Å². The Balaban J connectivity index is 1.50. The van der Waals surface area contributed by atoms with Crippen molar-refractivity contribution in [2.24, 2.45) is 0 Å². The van der Waals surface area contributed by atoms with E-state index in [9.17, 15) is 4.79 Å². The zero-order chi connectivity index (χ0) is 15.2. The Bertz CT molecular complexity index is 471. The summed E-state index contributed by atoms with van der Waals surface area (Å²) in [5.41, 5.74) is 2.37. The SMILES string of the molecule is O=C(CC1CCCCN1)Nc1ccc(C2CCCCC2)cc1. The number of benzene rings is 1. The van der Waals surface area contributed by atoms with Crippen LogP contribution < -0.4 is 10.6 Å². The summed E-state index contributed by atoms with van der Waals surface area (Å²) in [6.07, 6.45) is 10.9. The van der Waals surface area contributed by atoms with Gasteiger partial charge in [-0.1, -0.05) is 37.8 Å². The summed E-state index contributed by atoms with van der Waals surface area (Å²) in [7, 11) is 0. The molecule has 1 atom stereocenters. The third-order valence-electron chi connectivity index (χ3n) is 5.12. The lowest BCUT2D eigenvalue weighted by Crippen LogP contribution is -2.36. The van der Waals surface area contributed by atoms with Gasteiger partial charge < -0.3 is 10.6 Å². The monoisotopic (exact) mass is 300 g/mol. The van der Waals surface area contributed by atoms with E-state index >= 15 is 0 Å². The second kappa shape index (κ2) is 7.77. The summed E-state index contributed by atoms with van der Waals surface area (Å²) in [5.74, 6) is 0.856. The molecule has 22 heavy (non-hydrogen) atoms. The summed E-state index contributed by atoms with van der Waals surface area (Å²) in [5, 5.41) is 6.47. The van der Waals surface area contributed by atoms with Crippen LogP contribution in [0.5, 0.6) is 0 Å². The Labute approximate surface area is 133 Å². The number of nitrogens with one attached hydrogen (secondary N) is 2. The molecule has 1 amide bonds. The molecule has 1 aliphatic heterocycles. The van der Waals surface area contributed by atoms with Crippen LogP contribution in [0, 0.1) is 0 Å². The highest BCUT2D eigenvalue weighted by molar-refractivity contribution is 5.91. The number of hydrogen-bond acceptors (Lipinski definition) is 2. The van der Waals surface area contributed by atoms with E-state index in [4.69, 9.17) is 0 Å². The lowest BCUT2D eigenvalue weighted by Gasteiger charge is -2.23. The third kappa shape index (κ3) is 4.33. The Morgan fingerprint density at radius 3 is 2.41 bits per heavy atom. The van der Waals surface area contributed by atoms with Gasteiger partial charge in [-0.3, -0.25) is 4.79 Å². The molecule has 0 bridgehead atoms. The van der Waals surface area contributed by atoms with E-state index in [1.54, 1.807) is 0 Å². The minimum atomic E-state index is 0.129. The van der Waals surface area contributed by atoms with Crippen molar-refractivity contribution in [1.29, 1.82) is 0 Å². The standard InChI is InChI=1S/C19H28N2O/c22-19(14-18-8-4-5-13-20-18)21-17-11-9-16(10-12-17)15-6-2-1-3-7-15/h9-12,15,18,20H,1-8,13-14H2,(H,21,22). The third-order valence-corrected chi connectivity index (χ3v) is 5.12. The van der Waals surface area contributed by atoms with Gasteiger partial charge in [0, 0.05) is 18.2 Å². The highest BCUT2D eigenvalue weighted by Crippen LogP contribution is 2.32. The molecule has 120 valence electrons. The van der Waals surface area contributed by atoms with Gasteiger partial charge in [0.2, 0.25) is 5.91 Å². The zero-order valence-corrected chi connectivity index (χ0v) is 13.4. The van der Waals surface area contributed by atoms with E-state index in [1.807, 2.05) is 0 Å². The van der Waals surface area contributed by atoms with Crippen molar-refractivity contribution < 1.29 is 4.79 Å². The van der Waals surface area contributed by atoms with Crippen LogP contribution in [0.15, 0.2) is 24.3 Å². The molecule has 1 aromatic rings. The quantitative estimate of drug-likeness (QED) is 0.874. The number of anilines is 1. The van der Waals surface area contributed by atoms with Crippen molar-refractivity contribution in [3.8, 4) is 0 Å². The van der Waals surface area contributed by atoms with Gasteiger partial charge in [-0.25, -0.2) is 0 Å². The van der Waals surface area contributed by atoms with Gasteiger partial charge in [-0.2, -0.15) is 0 Å². The molecule has 0 radical (unpaired) electrons. The maximum atomic E-state index is 12.1. The lowest BCUT2D eigenvalue weighted by molar-refractivity contribution is -0.116. The maximum Gasteiger partial charge on any atom is 0.225 e. The van der Waals surface area contributed by atoms with Crippen molar-refractivity contribution in [1.82, 2.24) is 5.32 Å². The van der Waals surface area contributed by atoms with E-state index in [0.717, 1.165) is 24.6 Å². The highest BCUT2D eigenvalue weighted by atomic mass is 16.1. The van der Waals surface area contributed by atoms with Crippen LogP contribution in [-0.2, 0) is 4.79 Å². The summed E-state index contributed by atoms with van der Waals surface area (Å²) < 4.78 is 0. The molecule has 1 aliphatic carbocycles. The van der Waals surface area contributed by atoms with E-state index in [1.165, 1.54) is 50.5 Å². The van der Waals surface area contributed by atoms with E-state index in [0.29, 0.717) is 12.5 Å². The first-order chi connectivity index (χ1) is 10.8. The normalized spacial score (nSPS) is 23.2. The lowest BCUT2D eigenvalue weighted by atomic mass is 9.84. The number of amides is 1. The molecule has 1 saturated heterocycles. The van der Waals surface area contributed by atoms with E-state index in [2.05, 4.69) is 34.9 Å². The van der Waals surface area contributed by atoms with Gasteiger partial charge in [-0.15, -0.1) is 0 Å². The molecule has 2 fully saturated rings. The average molecular weight is 300 g/mol. The number of carbonyl (C=O) groups is 1. The van der Waals surface area contributed by atoms with Gasteiger partial charge in [-0.05, 0) is 55.8 Å². The van der Waals surface area contributed by atoms with Crippen LogP contribution in [0.4, 0.5) is 5.69 Å². The maximum absolute atomic E-state index is 12.1. The van der Waals surface area contributed by atoms with Crippen molar-refractivity contribution in [3.05, 3.63) is 29.8 Å². The van der Waals surface area contributed by atoms with Crippen LogP contribution in [0.2, 0.25) is 0 Å². The zero-order valence-electron chi connectivity index (χ0n) is 13.4. The number of rotatable bonds is 4. The largest absolute Gasteiger partial charge is 0.326 e. The van der Waals surface area contributed by atoms with Crippen molar-refractivity contribution in [2.75, 3.05) is 11.9 Å². The minimum absolute atomic E-state index is 0.129. The number of carbonyl (C=O) groups excluding carboxylic acids is 1. The average Bonchev–Trinajstić information content (AvgIpc) is 2.57. The minimum Gasteiger partial charge on any atom is -0.326 e. The van der Waals surface area contributed by atoms with Crippen LogP contribution in [0.3, 0.4) is 0 Å². The molecule has 1 unspecified atom stereocenters. The van der Waals surface area contributed by atoms with Crippen LogP contribution in [-0.4, -0.2) is 18.5 Å². The van der Waals surface area contributed by atoms with Crippen LogP contribution >= 0.6 is 0 Å². The Kier molecular flexibility index (Phi) is 5.49. The van der Waals surface area contributed by atoms with Gasteiger partial charge in [0.15, 0.2) is 0 Å². The van der Waals surface area contributed by atoms with E-state index < -0.39 is 0 Å². The molecule has 3 nitrogen and oxygen atoms in total. The summed E-state index contributed by atoms with van der Waals surface area (Å²) >= 11 is 0. The Morgan fingerprint density at radius 2 is 1.73 bits per heavy atom. The molecule has 2 N–H and O–H groups in total. The molecule has 0 spiro atoms. The fourth-order valence-corrected chi connectivity index (χ4v) is 3.81. The highest BCUT2D eigenvalue weighted by Gasteiger charge is 2.17. The molecular formula is C19H28N2O. The van der Waals surface area contributed by atoms with Crippen LogP contribution in [0.25, 0.3) is 0 Å². The molecule has 0 aromatic heterocycles. The fourth-order valence-electron chi connectivity index (χ4n) is 3.81. The predicted octanol–water partition coefficient (Wildman–Crippen LogP) is 4.21. The van der Waals surface area contributed by atoms with Crippen molar-refractivity contribution in [3.63, 3.8) is 0 Å². The van der Waals surface area contributed by atoms with Crippen molar-refractivity contribution >= 4 is 11.6 Å². The molecule has 1 saturated carbocycles. The smallest absolute Gasteiger partial charge is 0.225 e.